The molecule has 0 aliphatic rings. The fraction of sp³-hybridized carbons (Fsp3) is 0.176. The summed E-state index contributed by atoms with van der Waals surface area (Å²) in [5.74, 6) is -5.31. The number of carboxylic acids is 2. The summed E-state index contributed by atoms with van der Waals surface area (Å²) in [6.45, 7) is -1.55. The third kappa shape index (κ3) is 11.5. The molecule has 0 saturated heterocycles. The van der Waals surface area contributed by atoms with E-state index < -0.39 is 69.0 Å². The predicted molar refractivity (Wildman–Crippen MR) is 209 cm³/mol. The maximum absolute atomic E-state index is 13.5. The molecule has 0 aliphatic carbocycles. The molecule has 4 rings (SSSR count). The van der Waals surface area contributed by atoms with Gasteiger partial charge in [0.1, 0.15) is 25.2 Å². The highest BCUT2D eigenvalue weighted by Gasteiger charge is 2.31. The molecule has 0 radical (unpaired) electrons. The van der Waals surface area contributed by atoms with Crippen LogP contribution < -0.4 is 19.2 Å². The number of amides is 2. The minimum atomic E-state index is -4.27. The first-order valence-corrected chi connectivity index (χ1v) is 21.7. The van der Waals surface area contributed by atoms with Crippen LogP contribution in [0.1, 0.15) is 0 Å². The lowest BCUT2D eigenvalue weighted by Crippen LogP contribution is -2.48. The van der Waals surface area contributed by atoms with Gasteiger partial charge in [0.05, 0.1) is 21.2 Å². The Morgan fingerprint density at radius 1 is 0.556 bits per heavy atom. The molecule has 0 saturated carbocycles. The number of rotatable bonds is 19. The number of nitrogens with zero attached hydrogens (tertiary/aromatic N) is 2. The van der Waals surface area contributed by atoms with E-state index in [0.29, 0.717) is 10.0 Å². The van der Waals surface area contributed by atoms with E-state index in [0.717, 1.165) is 30.2 Å². The van der Waals surface area contributed by atoms with Crippen LogP contribution in [0.4, 0.5) is 11.4 Å². The Kier molecular flexibility index (Phi) is 15.1. The van der Waals surface area contributed by atoms with Crippen LogP contribution in [0.25, 0.3) is 0 Å². The van der Waals surface area contributed by atoms with Gasteiger partial charge in [0.2, 0.25) is 11.8 Å². The second-order valence-corrected chi connectivity index (χ2v) is 18.2. The Labute approximate surface area is 329 Å². The van der Waals surface area contributed by atoms with Crippen LogP contribution in [0.3, 0.4) is 0 Å². The van der Waals surface area contributed by atoms with Gasteiger partial charge in [-0.1, -0.05) is 81.2 Å². The van der Waals surface area contributed by atoms with Crippen molar-refractivity contribution >= 4 is 100.0 Å². The highest BCUT2D eigenvalue weighted by Crippen LogP contribution is 2.27. The molecule has 4 aromatic rings. The molecule has 54 heavy (non-hydrogen) atoms. The number of halogens is 2. The van der Waals surface area contributed by atoms with Gasteiger partial charge in [-0.05, 0) is 72.8 Å². The number of benzene rings is 4. The zero-order chi connectivity index (χ0) is 39.5. The lowest BCUT2D eigenvalue weighted by Gasteiger charge is -2.25. The van der Waals surface area contributed by atoms with Gasteiger partial charge in [-0.3, -0.25) is 18.2 Å². The number of carbonyl (C=O) groups excluding carboxylic acids is 2. The first-order valence-electron chi connectivity index (χ1n) is 15.5. The summed E-state index contributed by atoms with van der Waals surface area (Å²) in [5, 5.41) is 24.8. The molecule has 4 aromatic carbocycles. The normalized spacial score (nSPS) is 12.6. The second-order valence-electron chi connectivity index (χ2n) is 11.1. The molecule has 2 amide bonds. The van der Waals surface area contributed by atoms with E-state index in [1.54, 1.807) is 12.1 Å². The highest BCUT2D eigenvalue weighted by atomic mass is 35.5. The number of sulfonamides is 2. The Morgan fingerprint density at radius 2 is 0.870 bits per heavy atom. The van der Waals surface area contributed by atoms with Crippen LogP contribution in [0.15, 0.2) is 119 Å². The van der Waals surface area contributed by atoms with Crippen LogP contribution in [-0.4, -0.2) is 87.5 Å². The van der Waals surface area contributed by atoms with Crippen LogP contribution in [0, 0.1) is 0 Å². The standard InChI is InChI=1S/C34H32Cl2N4O10S4/c35-23-11-15-25(16-12-23)39(53(47,48)27-7-3-1-4-8-27)19-31(41)37-29(33(43)44)21-51-52-22-30(34(45)46)38-32(42)20-40(26-17-13-24(36)14-18-26)54(49,50)28-9-5-2-6-10-28/h1-18,29-30H,19-22H2,(H,37,41)(H,38,42)(H,43,44)(H,45,46)/t29-,30-/m1/s1. The average molecular weight is 856 g/mol. The van der Waals surface area contributed by atoms with Crippen molar-refractivity contribution in [2.75, 3.05) is 33.2 Å². The van der Waals surface area contributed by atoms with Crippen LogP contribution in [-0.2, 0) is 39.2 Å². The molecular formula is C34H32Cl2N4O10S4. The van der Waals surface area contributed by atoms with Crippen molar-refractivity contribution in [1.29, 1.82) is 0 Å². The first kappa shape index (κ1) is 42.3. The number of carbonyl (C=O) groups is 4. The summed E-state index contributed by atoms with van der Waals surface area (Å²) in [5.41, 5.74) is 0.205. The molecule has 14 nitrogen and oxygen atoms in total. The van der Waals surface area contributed by atoms with Crippen LogP contribution in [0.5, 0.6) is 0 Å². The number of aliphatic carboxylic acids is 2. The molecular weight excluding hydrogens is 824 g/mol. The number of anilines is 2. The molecule has 2 atom stereocenters. The highest BCUT2D eigenvalue weighted by molar-refractivity contribution is 8.76. The molecule has 0 unspecified atom stereocenters. The van der Waals surface area contributed by atoms with Crippen molar-refractivity contribution in [3.05, 3.63) is 119 Å². The van der Waals surface area contributed by atoms with Crippen molar-refractivity contribution < 1.29 is 46.2 Å². The van der Waals surface area contributed by atoms with Crippen LogP contribution >= 0.6 is 44.8 Å². The third-order valence-electron chi connectivity index (χ3n) is 7.29. The van der Waals surface area contributed by atoms with Crippen molar-refractivity contribution in [3.8, 4) is 0 Å². The van der Waals surface area contributed by atoms with Gasteiger partial charge in [0.25, 0.3) is 20.0 Å². The monoisotopic (exact) mass is 854 g/mol. The van der Waals surface area contributed by atoms with Gasteiger partial charge in [0.15, 0.2) is 0 Å². The fourth-order valence-corrected chi connectivity index (χ4v) is 10.1. The van der Waals surface area contributed by atoms with Gasteiger partial charge in [-0.2, -0.15) is 0 Å². The Morgan fingerprint density at radius 3 is 1.17 bits per heavy atom. The van der Waals surface area contributed by atoms with Crippen molar-refractivity contribution in [3.63, 3.8) is 0 Å². The average Bonchev–Trinajstić information content (AvgIpc) is 3.15. The summed E-state index contributed by atoms with van der Waals surface area (Å²) < 4.78 is 55.7. The Bertz CT molecular complexity index is 2000. The number of carboxylic acid groups (broad SMARTS) is 2. The van der Waals surface area contributed by atoms with Gasteiger partial charge in [0, 0.05) is 21.6 Å². The van der Waals surface area contributed by atoms with E-state index in [4.69, 9.17) is 23.2 Å². The molecule has 0 aromatic heterocycles. The maximum Gasteiger partial charge on any atom is 0.327 e. The zero-order valence-corrected chi connectivity index (χ0v) is 32.6. The lowest BCUT2D eigenvalue weighted by molar-refractivity contribution is -0.141. The summed E-state index contributed by atoms with van der Waals surface area (Å²) in [4.78, 5) is 50.1. The first-order chi connectivity index (χ1) is 25.6. The van der Waals surface area contributed by atoms with Gasteiger partial charge < -0.3 is 20.8 Å². The summed E-state index contributed by atoms with van der Waals surface area (Å²) in [6, 6.07) is 22.9. The largest absolute Gasteiger partial charge is 0.480 e. The fourth-order valence-electron chi connectivity index (χ4n) is 4.61. The third-order valence-corrected chi connectivity index (χ3v) is 13.8. The van der Waals surface area contributed by atoms with E-state index >= 15 is 0 Å². The van der Waals surface area contributed by atoms with Crippen LogP contribution in [0.2, 0.25) is 10.0 Å². The molecule has 0 spiro atoms. The quantitative estimate of drug-likeness (QED) is 0.0754. The smallest absolute Gasteiger partial charge is 0.327 e. The SMILES string of the molecule is O=C(CN(c1ccc(Cl)cc1)S(=O)(=O)c1ccccc1)N[C@H](CSSC[C@@H](NC(=O)CN(c1ccc(Cl)cc1)S(=O)(=O)c1ccccc1)C(=O)O)C(=O)O. The Hall–Kier alpha value is -4.46. The lowest BCUT2D eigenvalue weighted by atomic mass is 10.3. The van der Waals surface area contributed by atoms with E-state index in [1.807, 2.05) is 0 Å². The van der Waals surface area contributed by atoms with Gasteiger partial charge in [-0.25, -0.2) is 26.4 Å². The molecule has 0 bridgehead atoms. The molecule has 0 aliphatic heterocycles. The summed E-state index contributed by atoms with van der Waals surface area (Å²) in [6.07, 6.45) is 0. The zero-order valence-electron chi connectivity index (χ0n) is 27.8. The minimum Gasteiger partial charge on any atom is -0.480 e. The van der Waals surface area contributed by atoms with Crippen molar-refractivity contribution in [2.24, 2.45) is 0 Å². The van der Waals surface area contributed by atoms with E-state index in [2.05, 4.69) is 10.6 Å². The van der Waals surface area contributed by atoms with E-state index in [-0.39, 0.29) is 32.7 Å². The molecule has 20 heteroatoms. The second kappa shape index (κ2) is 19.2. The maximum atomic E-state index is 13.5. The Balaban J connectivity index is 1.38. The van der Waals surface area contributed by atoms with E-state index in [9.17, 15) is 46.2 Å². The number of hydrogen-bond donors (Lipinski definition) is 4. The molecule has 0 heterocycles. The summed E-state index contributed by atoms with van der Waals surface area (Å²) >= 11 is 11.9. The molecule has 4 N–H and O–H groups in total. The minimum absolute atomic E-state index is 0.103. The van der Waals surface area contributed by atoms with Gasteiger partial charge in [-0.15, -0.1) is 0 Å². The van der Waals surface area contributed by atoms with Crippen molar-refractivity contribution in [2.45, 2.75) is 21.9 Å². The number of hydrogen-bond acceptors (Lipinski definition) is 10. The van der Waals surface area contributed by atoms with Crippen molar-refractivity contribution in [1.82, 2.24) is 10.6 Å². The predicted octanol–water partition coefficient (Wildman–Crippen LogP) is 4.60. The van der Waals surface area contributed by atoms with Gasteiger partial charge >= 0.3 is 11.9 Å². The number of nitrogens with one attached hydrogen (secondary N) is 2. The molecule has 0 fully saturated rings. The summed E-state index contributed by atoms with van der Waals surface area (Å²) in [7, 11) is -6.79. The van der Waals surface area contributed by atoms with E-state index in [1.165, 1.54) is 97.1 Å². The topological polar surface area (TPSA) is 208 Å². The molecule has 286 valence electrons.